The van der Waals surface area contributed by atoms with Crippen molar-refractivity contribution in [1.82, 2.24) is 0 Å². The molecule has 90 valence electrons. The van der Waals surface area contributed by atoms with Crippen molar-refractivity contribution in [1.29, 1.82) is 0 Å². The van der Waals surface area contributed by atoms with Gasteiger partial charge in [-0.05, 0) is 18.2 Å². The Hall–Kier alpha value is -2.74. The first-order chi connectivity index (χ1) is 8.61. The Morgan fingerprint density at radius 3 is 2.83 bits per heavy atom. The fourth-order valence-corrected chi connectivity index (χ4v) is 1.41. The predicted octanol–water partition coefficient (Wildman–Crippen LogP) is 1.85. The smallest absolute Gasteiger partial charge is 0.351 e. The van der Waals surface area contributed by atoms with Gasteiger partial charge in [-0.1, -0.05) is 5.92 Å². The topological polar surface area (TPSA) is 76.7 Å². The fourth-order valence-electron chi connectivity index (χ4n) is 1.41. The van der Waals surface area contributed by atoms with Crippen LogP contribution in [0.15, 0.2) is 33.5 Å². The second-order valence-corrected chi connectivity index (χ2v) is 3.41. The maximum Gasteiger partial charge on any atom is 0.351 e. The largest absolute Gasteiger partial charge is 0.477 e. The maximum atomic E-state index is 11.4. The Kier molecular flexibility index (Phi) is 3.02. The van der Waals surface area contributed by atoms with Gasteiger partial charge in [-0.15, -0.1) is 0 Å². The number of benzene rings is 1. The number of aromatic carboxylic acids is 1. The molecular formula is C13H8O5. The number of hydrogen-bond acceptors (Lipinski definition) is 4. The molecule has 2 aromatic rings. The highest BCUT2D eigenvalue weighted by atomic mass is 16.5. The van der Waals surface area contributed by atoms with Gasteiger partial charge in [-0.2, -0.15) is 0 Å². The zero-order valence-electron chi connectivity index (χ0n) is 9.39. The molecule has 0 aliphatic rings. The van der Waals surface area contributed by atoms with Crippen molar-refractivity contribution in [3.8, 4) is 17.8 Å². The number of hydrogen-bond donors (Lipinski definition) is 1. The summed E-state index contributed by atoms with van der Waals surface area (Å²) in [5.74, 6) is 1.66. The minimum absolute atomic E-state index is 0.250. The molecule has 0 fully saturated rings. The van der Waals surface area contributed by atoms with Crippen LogP contribution in [0.3, 0.4) is 0 Å². The highest BCUT2D eigenvalue weighted by molar-refractivity contribution is 5.91. The van der Waals surface area contributed by atoms with Crippen LogP contribution in [0, 0.1) is 12.0 Å². The van der Waals surface area contributed by atoms with E-state index in [0.717, 1.165) is 0 Å². The van der Waals surface area contributed by atoms with Gasteiger partial charge in [0.15, 0.2) is 0 Å². The average molecular weight is 244 g/mol. The molecule has 0 amide bonds. The third-order valence-corrected chi connectivity index (χ3v) is 2.21. The number of carbonyl (C=O) groups is 1. The van der Waals surface area contributed by atoms with Crippen LogP contribution >= 0.6 is 0 Å². The quantitative estimate of drug-likeness (QED) is 0.644. The molecule has 0 spiro atoms. The third-order valence-electron chi connectivity index (χ3n) is 2.21. The first kappa shape index (κ1) is 11.7. The molecular weight excluding hydrogens is 236 g/mol. The Labute approximate surface area is 102 Å². The number of carboxylic acid groups (broad SMARTS) is 1. The number of fused-ring (bicyclic) bond motifs is 1. The maximum absolute atomic E-state index is 11.4. The molecule has 0 aliphatic carbocycles. The standard InChI is InChI=1S/C13H8O5/c1-2-5-17-9-4-3-8-6-10(12(14)15)13(16)18-11(8)7-9/h3-4,6-7H,1H3,(H,14,15). The Morgan fingerprint density at radius 2 is 2.17 bits per heavy atom. The molecule has 1 N–H and O–H groups in total. The second kappa shape index (κ2) is 4.63. The van der Waals surface area contributed by atoms with Crippen molar-refractivity contribution >= 4 is 16.9 Å². The molecule has 0 unspecified atom stereocenters. The van der Waals surface area contributed by atoms with Crippen LogP contribution in [0.1, 0.15) is 17.3 Å². The van der Waals surface area contributed by atoms with Gasteiger partial charge >= 0.3 is 11.6 Å². The predicted molar refractivity (Wildman–Crippen MR) is 63.5 cm³/mol. The fraction of sp³-hybridized carbons (Fsp3) is 0.0769. The normalized spacial score (nSPS) is 9.61. The monoisotopic (exact) mass is 244 g/mol. The highest BCUT2D eigenvalue weighted by Crippen LogP contribution is 2.20. The zero-order chi connectivity index (χ0) is 13.1. The SMILES string of the molecule is CC#COc1ccc2cc(C(=O)O)c(=O)oc2c1. The van der Waals surface area contributed by atoms with Crippen molar-refractivity contribution in [3.05, 3.63) is 40.2 Å². The lowest BCUT2D eigenvalue weighted by Crippen LogP contribution is -2.12. The van der Waals surface area contributed by atoms with E-state index in [4.69, 9.17) is 14.3 Å². The van der Waals surface area contributed by atoms with Crippen LogP contribution in [-0.2, 0) is 0 Å². The molecule has 5 nitrogen and oxygen atoms in total. The summed E-state index contributed by atoms with van der Waals surface area (Å²) in [4.78, 5) is 22.2. The molecule has 1 heterocycles. The number of ether oxygens (including phenoxy) is 1. The second-order valence-electron chi connectivity index (χ2n) is 3.41. The summed E-state index contributed by atoms with van der Waals surface area (Å²) in [5, 5.41) is 9.30. The molecule has 18 heavy (non-hydrogen) atoms. The van der Waals surface area contributed by atoms with Gasteiger partial charge in [-0.3, -0.25) is 0 Å². The van der Waals surface area contributed by atoms with E-state index in [9.17, 15) is 9.59 Å². The Morgan fingerprint density at radius 1 is 1.39 bits per heavy atom. The summed E-state index contributed by atoms with van der Waals surface area (Å²) in [6.45, 7) is 1.63. The average Bonchev–Trinajstić information content (AvgIpc) is 2.34. The van der Waals surface area contributed by atoms with Crippen LogP contribution in [0.25, 0.3) is 11.0 Å². The van der Waals surface area contributed by atoms with E-state index in [1.165, 1.54) is 12.1 Å². The van der Waals surface area contributed by atoms with Crippen LogP contribution < -0.4 is 10.4 Å². The lowest BCUT2D eigenvalue weighted by atomic mass is 10.2. The molecule has 0 saturated heterocycles. The minimum atomic E-state index is -1.32. The molecule has 0 bridgehead atoms. The molecule has 5 heteroatoms. The van der Waals surface area contributed by atoms with Crippen LogP contribution in [0.2, 0.25) is 0 Å². The van der Waals surface area contributed by atoms with Gasteiger partial charge in [0.05, 0.1) is 0 Å². The van der Waals surface area contributed by atoms with E-state index in [2.05, 4.69) is 12.0 Å². The van der Waals surface area contributed by atoms with Gasteiger partial charge in [-0.25, -0.2) is 9.59 Å². The number of carboxylic acids is 1. The molecule has 0 radical (unpaired) electrons. The van der Waals surface area contributed by atoms with Gasteiger partial charge < -0.3 is 14.3 Å². The first-order valence-electron chi connectivity index (χ1n) is 5.01. The molecule has 0 atom stereocenters. The molecule has 1 aromatic heterocycles. The van der Waals surface area contributed by atoms with E-state index in [1.807, 2.05) is 0 Å². The number of rotatable bonds is 2. The lowest BCUT2D eigenvalue weighted by Gasteiger charge is -2.00. The summed E-state index contributed by atoms with van der Waals surface area (Å²) < 4.78 is 9.95. The van der Waals surface area contributed by atoms with Gasteiger partial charge in [0, 0.05) is 18.4 Å². The van der Waals surface area contributed by atoms with E-state index < -0.39 is 17.2 Å². The van der Waals surface area contributed by atoms with Crippen LogP contribution in [-0.4, -0.2) is 11.1 Å². The van der Waals surface area contributed by atoms with Crippen LogP contribution in [0.4, 0.5) is 0 Å². The Balaban J connectivity index is 2.58. The van der Waals surface area contributed by atoms with Crippen molar-refractivity contribution in [2.45, 2.75) is 6.92 Å². The third kappa shape index (κ3) is 2.18. The van der Waals surface area contributed by atoms with Crippen molar-refractivity contribution < 1.29 is 19.1 Å². The highest BCUT2D eigenvalue weighted by Gasteiger charge is 2.12. The van der Waals surface area contributed by atoms with E-state index in [-0.39, 0.29) is 5.58 Å². The molecule has 2 rings (SSSR count). The van der Waals surface area contributed by atoms with Crippen LogP contribution in [0.5, 0.6) is 5.75 Å². The molecule has 0 aliphatic heterocycles. The summed E-state index contributed by atoms with van der Waals surface area (Å²) >= 11 is 0. The van der Waals surface area contributed by atoms with Crippen molar-refractivity contribution in [3.63, 3.8) is 0 Å². The van der Waals surface area contributed by atoms with Crippen molar-refractivity contribution in [2.75, 3.05) is 0 Å². The van der Waals surface area contributed by atoms with Gasteiger partial charge in [0.25, 0.3) is 0 Å². The van der Waals surface area contributed by atoms with E-state index >= 15 is 0 Å². The minimum Gasteiger partial charge on any atom is -0.477 e. The molecule has 0 saturated carbocycles. The Bertz CT molecular complexity index is 730. The summed E-state index contributed by atoms with van der Waals surface area (Å²) in [6.07, 6.45) is 2.41. The van der Waals surface area contributed by atoms with E-state index in [0.29, 0.717) is 11.1 Å². The van der Waals surface area contributed by atoms with Gasteiger partial charge in [0.2, 0.25) is 0 Å². The summed E-state index contributed by atoms with van der Waals surface area (Å²) in [5.41, 5.74) is -1.04. The van der Waals surface area contributed by atoms with Crippen molar-refractivity contribution in [2.24, 2.45) is 0 Å². The first-order valence-corrected chi connectivity index (χ1v) is 5.01. The van der Waals surface area contributed by atoms with Gasteiger partial charge in [0.1, 0.15) is 23.0 Å². The molecule has 1 aromatic carbocycles. The lowest BCUT2D eigenvalue weighted by molar-refractivity contribution is 0.0692. The zero-order valence-corrected chi connectivity index (χ0v) is 9.39. The van der Waals surface area contributed by atoms with E-state index in [1.54, 1.807) is 19.1 Å². The summed E-state index contributed by atoms with van der Waals surface area (Å²) in [7, 11) is 0. The summed E-state index contributed by atoms with van der Waals surface area (Å²) in [6, 6.07) is 5.95.